The molecule has 0 heterocycles. The summed E-state index contributed by atoms with van der Waals surface area (Å²) in [6, 6.07) is 2.88. The first kappa shape index (κ1) is 15.9. The van der Waals surface area contributed by atoms with Crippen LogP contribution >= 0.6 is 27.5 Å². The van der Waals surface area contributed by atoms with Gasteiger partial charge in [0.15, 0.2) is 0 Å². The summed E-state index contributed by atoms with van der Waals surface area (Å²) in [7, 11) is -2.14. The van der Waals surface area contributed by atoms with Gasteiger partial charge in [-0.1, -0.05) is 27.5 Å². The van der Waals surface area contributed by atoms with Crippen molar-refractivity contribution >= 4 is 43.2 Å². The second kappa shape index (κ2) is 6.09. The molecule has 0 radical (unpaired) electrons. The third-order valence-electron chi connectivity index (χ3n) is 3.13. The van der Waals surface area contributed by atoms with Crippen LogP contribution in [0.25, 0.3) is 0 Å². The van der Waals surface area contributed by atoms with Gasteiger partial charge in [0.2, 0.25) is 10.0 Å². The van der Waals surface area contributed by atoms with Gasteiger partial charge < -0.3 is 9.84 Å². The summed E-state index contributed by atoms with van der Waals surface area (Å²) in [4.78, 5) is 0. The Hall–Kier alpha value is -0.500. The Balaban J connectivity index is 2.15. The lowest BCUT2D eigenvalue weighted by molar-refractivity contribution is 0.103. The normalized spacial score (nSPS) is 16.9. The minimum Gasteiger partial charge on any atom is -0.506 e. The molecule has 8 heteroatoms. The Bertz CT molecular complexity index is 580. The maximum atomic E-state index is 12.1. The number of halogens is 2. The molecule has 1 atom stereocenters. The average Bonchev–Trinajstić information content (AvgIpc) is 3.15. The molecule has 1 aliphatic rings. The Morgan fingerprint density at radius 3 is 2.70 bits per heavy atom. The van der Waals surface area contributed by atoms with Crippen molar-refractivity contribution in [2.45, 2.75) is 18.9 Å². The molecule has 0 spiro atoms. The standard InChI is InChI=1S/C12H15BrClNO4S/c1-19-11(7-2-3-7)6-20(17,18)15-12-9(14)4-8(13)5-10(12)16/h4-5,7,11,15-16H,2-3,6H2,1H3. The first-order valence-corrected chi connectivity index (χ1v) is 8.86. The quantitative estimate of drug-likeness (QED) is 0.739. The fourth-order valence-corrected chi connectivity index (χ4v) is 4.28. The van der Waals surface area contributed by atoms with Crippen LogP contribution in [0.15, 0.2) is 16.6 Å². The first-order chi connectivity index (χ1) is 9.32. The summed E-state index contributed by atoms with van der Waals surface area (Å²) in [5, 5.41) is 9.90. The van der Waals surface area contributed by atoms with Crippen molar-refractivity contribution in [3.8, 4) is 5.75 Å². The molecule has 0 bridgehead atoms. The van der Waals surface area contributed by atoms with Crippen LogP contribution in [0.3, 0.4) is 0 Å². The van der Waals surface area contributed by atoms with Crippen molar-refractivity contribution in [2.75, 3.05) is 17.6 Å². The molecule has 0 saturated heterocycles. The van der Waals surface area contributed by atoms with Crippen LogP contribution in [0.4, 0.5) is 5.69 Å². The van der Waals surface area contributed by atoms with Gasteiger partial charge in [-0.25, -0.2) is 8.42 Å². The Morgan fingerprint density at radius 2 is 2.20 bits per heavy atom. The van der Waals surface area contributed by atoms with Gasteiger partial charge in [-0.15, -0.1) is 0 Å². The molecule has 0 aliphatic heterocycles. The zero-order valence-corrected chi connectivity index (χ0v) is 13.9. The fourth-order valence-electron chi connectivity index (χ4n) is 1.94. The summed E-state index contributed by atoms with van der Waals surface area (Å²) in [6.07, 6.45) is 1.64. The predicted molar refractivity (Wildman–Crippen MR) is 81.7 cm³/mol. The number of benzene rings is 1. The number of rotatable bonds is 6. The number of phenolic OH excluding ortho intramolecular Hbond substituents is 1. The van der Waals surface area contributed by atoms with Gasteiger partial charge >= 0.3 is 0 Å². The number of anilines is 1. The Labute approximate surface area is 131 Å². The van der Waals surface area contributed by atoms with E-state index in [9.17, 15) is 13.5 Å². The lowest BCUT2D eigenvalue weighted by Gasteiger charge is -2.17. The minimum absolute atomic E-state index is 0.0134. The number of ether oxygens (including phenoxy) is 1. The molecular formula is C12H15BrClNO4S. The molecular weight excluding hydrogens is 370 g/mol. The van der Waals surface area contributed by atoms with E-state index in [0.717, 1.165) is 12.8 Å². The number of sulfonamides is 1. The van der Waals surface area contributed by atoms with Crippen molar-refractivity contribution in [2.24, 2.45) is 5.92 Å². The third kappa shape index (κ3) is 4.00. The van der Waals surface area contributed by atoms with Crippen LogP contribution in [0.2, 0.25) is 5.02 Å². The molecule has 1 aliphatic carbocycles. The summed E-state index contributed by atoms with van der Waals surface area (Å²) in [5.41, 5.74) is -0.0134. The van der Waals surface area contributed by atoms with E-state index < -0.39 is 10.0 Å². The highest BCUT2D eigenvalue weighted by Gasteiger charge is 2.34. The van der Waals surface area contributed by atoms with Gasteiger partial charge in [0, 0.05) is 11.6 Å². The number of hydrogen-bond acceptors (Lipinski definition) is 4. The van der Waals surface area contributed by atoms with Gasteiger partial charge in [-0.05, 0) is 30.9 Å². The van der Waals surface area contributed by atoms with Gasteiger partial charge in [0.1, 0.15) is 11.4 Å². The molecule has 1 aromatic carbocycles. The molecule has 112 valence electrons. The highest BCUT2D eigenvalue weighted by atomic mass is 79.9. The lowest BCUT2D eigenvalue weighted by Crippen LogP contribution is -2.29. The molecule has 1 fully saturated rings. The van der Waals surface area contributed by atoms with Crippen LogP contribution in [-0.2, 0) is 14.8 Å². The monoisotopic (exact) mass is 383 g/mol. The maximum Gasteiger partial charge on any atom is 0.235 e. The minimum atomic E-state index is -3.64. The second-order valence-corrected chi connectivity index (χ2v) is 7.87. The SMILES string of the molecule is COC(CS(=O)(=O)Nc1c(O)cc(Br)cc1Cl)C1CC1. The topological polar surface area (TPSA) is 75.6 Å². The largest absolute Gasteiger partial charge is 0.506 e. The van der Waals surface area contributed by atoms with E-state index in [2.05, 4.69) is 20.7 Å². The van der Waals surface area contributed by atoms with Crippen LogP contribution in [-0.4, -0.2) is 32.5 Å². The van der Waals surface area contributed by atoms with Crippen LogP contribution in [0.1, 0.15) is 12.8 Å². The molecule has 0 amide bonds. The summed E-state index contributed by atoms with van der Waals surface area (Å²) in [5.74, 6) is -0.0844. The summed E-state index contributed by atoms with van der Waals surface area (Å²) < 4.78 is 32.3. The lowest BCUT2D eigenvalue weighted by atomic mass is 10.3. The van der Waals surface area contributed by atoms with Crippen LogP contribution < -0.4 is 4.72 Å². The van der Waals surface area contributed by atoms with E-state index in [1.54, 1.807) is 0 Å². The first-order valence-electron chi connectivity index (χ1n) is 6.03. The van der Waals surface area contributed by atoms with E-state index in [1.165, 1.54) is 19.2 Å². The Morgan fingerprint density at radius 1 is 1.55 bits per heavy atom. The van der Waals surface area contributed by atoms with E-state index in [4.69, 9.17) is 16.3 Å². The highest BCUT2D eigenvalue weighted by molar-refractivity contribution is 9.10. The average molecular weight is 385 g/mol. The fraction of sp³-hybridized carbons (Fsp3) is 0.500. The highest BCUT2D eigenvalue weighted by Crippen LogP contribution is 2.37. The van der Waals surface area contributed by atoms with Crippen molar-refractivity contribution in [3.63, 3.8) is 0 Å². The third-order valence-corrected chi connectivity index (χ3v) is 5.16. The molecule has 2 rings (SSSR count). The van der Waals surface area contributed by atoms with Gasteiger partial charge in [-0.2, -0.15) is 0 Å². The molecule has 1 saturated carbocycles. The number of methoxy groups -OCH3 is 1. The number of aromatic hydroxyl groups is 1. The van der Waals surface area contributed by atoms with Crippen molar-refractivity contribution < 1.29 is 18.3 Å². The smallest absolute Gasteiger partial charge is 0.235 e. The molecule has 5 nitrogen and oxygen atoms in total. The zero-order valence-electron chi connectivity index (χ0n) is 10.8. The van der Waals surface area contributed by atoms with Gasteiger partial charge in [0.25, 0.3) is 0 Å². The molecule has 1 aromatic rings. The van der Waals surface area contributed by atoms with Gasteiger partial charge in [0.05, 0.1) is 16.9 Å². The van der Waals surface area contributed by atoms with Crippen molar-refractivity contribution in [3.05, 3.63) is 21.6 Å². The van der Waals surface area contributed by atoms with E-state index in [0.29, 0.717) is 10.4 Å². The van der Waals surface area contributed by atoms with Crippen LogP contribution in [0, 0.1) is 5.92 Å². The molecule has 1 unspecified atom stereocenters. The Kier molecular flexibility index (Phi) is 4.84. The van der Waals surface area contributed by atoms with Crippen LogP contribution in [0.5, 0.6) is 5.75 Å². The van der Waals surface area contributed by atoms with E-state index in [-0.39, 0.29) is 28.3 Å². The van der Waals surface area contributed by atoms with E-state index in [1.807, 2.05) is 0 Å². The second-order valence-electron chi connectivity index (χ2n) is 4.78. The van der Waals surface area contributed by atoms with Gasteiger partial charge in [-0.3, -0.25) is 4.72 Å². The maximum absolute atomic E-state index is 12.1. The number of hydrogen-bond donors (Lipinski definition) is 2. The summed E-state index contributed by atoms with van der Waals surface area (Å²) >= 11 is 9.10. The number of phenols is 1. The molecule has 2 N–H and O–H groups in total. The van der Waals surface area contributed by atoms with Crippen molar-refractivity contribution in [1.29, 1.82) is 0 Å². The van der Waals surface area contributed by atoms with Crippen molar-refractivity contribution in [1.82, 2.24) is 0 Å². The molecule has 20 heavy (non-hydrogen) atoms. The predicted octanol–water partition coefficient (Wildman–Crippen LogP) is 2.97. The summed E-state index contributed by atoms with van der Waals surface area (Å²) in [6.45, 7) is 0. The number of nitrogens with one attached hydrogen (secondary N) is 1. The van der Waals surface area contributed by atoms with E-state index >= 15 is 0 Å². The molecule has 0 aromatic heterocycles. The zero-order chi connectivity index (χ0) is 14.9.